The standard InChI is InChI=1S/C35H56O8/c1-19(2)9-8-10-20(3)27-21-11-12-24-32(4)15-14-26(37)35(7,31(40)41)25(32)13-16-33(24,5)34(21,6)17-22(27)42-30-29(39)28(38)23(18-36)43-30/h9,21-30,36-39H,3,8,10-18H2,1-2,4-7H3,(H,40,41). The number of rotatable bonds is 8. The quantitative estimate of drug-likeness (QED) is 0.249. The van der Waals surface area contributed by atoms with Crippen LogP contribution in [0.1, 0.15) is 99.3 Å². The van der Waals surface area contributed by atoms with E-state index in [1.54, 1.807) is 6.92 Å². The fourth-order valence-corrected chi connectivity index (χ4v) is 11.3. The van der Waals surface area contributed by atoms with Crippen LogP contribution in [0, 0.1) is 45.3 Å². The third kappa shape index (κ3) is 4.89. The number of fused-ring (bicyclic) bond motifs is 5. The zero-order valence-electron chi connectivity index (χ0n) is 27.1. The number of aliphatic carboxylic acids is 1. The molecule has 43 heavy (non-hydrogen) atoms. The van der Waals surface area contributed by atoms with Crippen molar-refractivity contribution in [3.8, 4) is 0 Å². The lowest BCUT2D eigenvalue weighted by molar-refractivity contribution is -0.230. The zero-order valence-corrected chi connectivity index (χ0v) is 27.1. The van der Waals surface area contributed by atoms with Crippen molar-refractivity contribution in [2.45, 2.75) is 136 Å². The van der Waals surface area contributed by atoms with Gasteiger partial charge in [0.25, 0.3) is 0 Å². The Hall–Kier alpha value is -1.29. The molecule has 0 aromatic carbocycles. The number of aliphatic hydroxyl groups is 4. The van der Waals surface area contributed by atoms with Crippen LogP contribution in [-0.4, -0.2) is 74.9 Å². The molecule has 5 N–H and O–H groups in total. The first kappa shape index (κ1) is 33.1. The molecule has 8 heteroatoms. The maximum Gasteiger partial charge on any atom is 0.312 e. The molecule has 5 rings (SSSR count). The van der Waals surface area contributed by atoms with Crippen LogP contribution in [0.15, 0.2) is 23.8 Å². The van der Waals surface area contributed by atoms with Crippen molar-refractivity contribution in [1.82, 2.24) is 0 Å². The maximum atomic E-state index is 12.7. The molecule has 0 amide bonds. The van der Waals surface area contributed by atoms with Crippen LogP contribution in [0.25, 0.3) is 0 Å². The first-order valence-electron chi connectivity index (χ1n) is 16.6. The molecular weight excluding hydrogens is 548 g/mol. The lowest BCUT2D eigenvalue weighted by Crippen LogP contribution is -2.65. The second kappa shape index (κ2) is 11.5. The Morgan fingerprint density at radius 3 is 2.28 bits per heavy atom. The van der Waals surface area contributed by atoms with Gasteiger partial charge in [-0.25, -0.2) is 0 Å². The summed E-state index contributed by atoms with van der Waals surface area (Å²) in [6.45, 7) is 17.3. The number of carbonyl (C=O) groups is 1. The Balaban J connectivity index is 1.49. The van der Waals surface area contributed by atoms with Gasteiger partial charge in [-0.3, -0.25) is 4.79 Å². The van der Waals surface area contributed by atoms with E-state index in [-0.39, 0.29) is 34.2 Å². The molecule has 5 aliphatic rings. The highest BCUT2D eigenvalue weighted by Crippen LogP contribution is 2.76. The molecule has 0 radical (unpaired) electrons. The molecule has 14 unspecified atom stereocenters. The Morgan fingerprint density at radius 1 is 0.977 bits per heavy atom. The summed E-state index contributed by atoms with van der Waals surface area (Å²) in [6.07, 6.45) is 4.20. The largest absolute Gasteiger partial charge is 0.481 e. The molecule has 8 nitrogen and oxygen atoms in total. The average molecular weight is 605 g/mol. The molecule has 4 saturated carbocycles. The highest BCUT2D eigenvalue weighted by Gasteiger charge is 2.71. The summed E-state index contributed by atoms with van der Waals surface area (Å²) >= 11 is 0. The lowest BCUT2D eigenvalue weighted by atomic mass is 9.35. The summed E-state index contributed by atoms with van der Waals surface area (Å²) in [6, 6.07) is 0. The lowest BCUT2D eigenvalue weighted by Gasteiger charge is -2.69. The second-order valence-corrected chi connectivity index (χ2v) is 15.9. The van der Waals surface area contributed by atoms with Crippen molar-refractivity contribution in [3.63, 3.8) is 0 Å². The number of ether oxygens (including phenoxy) is 2. The van der Waals surface area contributed by atoms with E-state index < -0.39 is 48.7 Å². The molecule has 0 bridgehead atoms. The van der Waals surface area contributed by atoms with E-state index in [1.165, 1.54) is 5.57 Å². The second-order valence-electron chi connectivity index (χ2n) is 15.9. The van der Waals surface area contributed by atoms with Gasteiger partial charge in [0.2, 0.25) is 0 Å². The normalized spacial score (nSPS) is 50.8. The molecule has 244 valence electrons. The van der Waals surface area contributed by atoms with Gasteiger partial charge in [-0.15, -0.1) is 0 Å². The molecular formula is C35H56O8. The first-order chi connectivity index (χ1) is 20.1. The van der Waals surface area contributed by atoms with Gasteiger partial charge in [-0.2, -0.15) is 0 Å². The van der Waals surface area contributed by atoms with E-state index in [2.05, 4.69) is 47.3 Å². The maximum absolute atomic E-state index is 12.7. The fraction of sp³-hybridized carbons (Fsp3) is 0.857. The molecule has 1 heterocycles. The number of carboxylic acid groups (broad SMARTS) is 1. The third-order valence-corrected chi connectivity index (χ3v) is 13.8. The van der Waals surface area contributed by atoms with Gasteiger partial charge >= 0.3 is 5.97 Å². The van der Waals surface area contributed by atoms with Crippen molar-refractivity contribution in [3.05, 3.63) is 23.8 Å². The Morgan fingerprint density at radius 2 is 1.67 bits per heavy atom. The molecule has 4 aliphatic carbocycles. The van der Waals surface area contributed by atoms with Crippen LogP contribution < -0.4 is 0 Å². The van der Waals surface area contributed by atoms with Gasteiger partial charge in [-0.05, 0) is 113 Å². The number of aliphatic hydroxyl groups excluding tert-OH is 4. The Kier molecular flexibility index (Phi) is 8.85. The van der Waals surface area contributed by atoms with E-state index in [9.17, 15) is 30.3 Å². The van der Waals surface area contributed by atoms with Gasteiger partial charge in [0, 0.05) is 5.92 Å². The SMILES string of the molecule is C=C(CCC=C(C)C)C1C(OC2OC(CO)C(O)C2O)CC2(C)C1CCC1C3(C)CCC(O)C(C)(C(=O)O)C3CCC12C. The molecule has 0 spiro atoms. The van der Waals surface area contributed by atoms with Crippen molar-refractivity contribution in [2.24, 2.45) is 45.3 Å². The molecule has 0 aromatic heterocycles. The minimum atomic E-state index is -1.24. The summed E-state index contributed by atoms with van der Waals surface area (Å²) in [5.41, 5.74) is 0.839. The first-order valence-corrected chi connectivity index (χ1v) is 16.6. The molecule has 14 atom stereocenters. The number of hydrogen-bond acceptors (Lipinski definition) is 7. The van der Waals surface area contributed by atoms with Gasteiger partial charge in [0.05, 0.1) is 24.2 Å². The van der Waals surface area contributed by atoms with Gasteiger partial charge in [0.1, 0.15) is 18.3 Å². The summed E-state index contributed by atoms with van der Waals surface area (Å²) in [4.78, 5) is 12.7. The monoisotopic (exact) mass is 604 g/mol. The van der Waals surface area contributed by atoms with E-state index in [0.717, 1.165) is 56.9 Å². The van der Waals surface area contributed by atoms with Crippen LogP contribution >= 0.6 is 0 Å². The van der Waals surface area contributed by atoms with Crippen LogP contribution in [0.5, 0.6) is 0 Å². The molecule has 5 fully saturated rings. The third-order valence-electron chi connectivity index (χ3n) is 13.8. The fourth-order valence-electron chi connectivity index (χ4n) is 11.3. The number of hydrogen-bond donors (Lipinski definition) is 5. The van der Waals surface area contributed by atoms with Crippen molar-refractivity contribution in [2.75, 3.05) is 6.61 Å². The van der Waals surface area contributed by atoms with E-state index in [4.69, 9.17) is 9.47 Å². The van der Waals surface area contributed by atoms with Gasteiger partial charge in [-0.1, -0.05) is 44.6 Å². The minimum Gasteiger partial charge on any atom is -0.481 e. The van der Waals surface area contributed by atoms with Gasteiger partial charge < -0.3 is 35.0 Å². The highest BCUT2D eigenvalue weighted by molar-refractivity contribution is 5.76. The average Bonchev–Trinajstić information content (AvgIpc) is 3.39. The Labute approximate surface area is 257 Å². The van der Waals surface area contributed by atoms with E-state index in [1.807, 2.05) is 0 Å². The van der Waals surface area contributed by atoms with E-state index in [0.29, 0.717) is 18.3 Å². The Bertz CT molecular complexity index is 1120. The zero-order chi connectivity index (χ0) is 31.7. The van der Waals surface area contributed by atoms with Crippen molar-refractivity contribution in [1.29, 1.82) is 0 Å². The van der Waals surface area contributed by atoms with Crippen LogP contribution in [0.4, 0.5) is 0 Å². The highest BCUT2D eigenvalue weighted by atomic mass is 16.7. The van der Waals surface area contributed by atoms with Crippen LogP contribution in [-0.2, 0) is 14.3 Å². The number of allylic oxidation sites excluding steroid dienone is 2. The van der Waals surface area contributed by atoms with Crippen molar-refractivity contribution < 1.29 is 39.8 Å². The predicted molar refractivity (Wildman–Crippen MR) is 163 cm³/mol. The smallest absolute Gasteiger partial charge is 0.312 e. The molecule has 1 aliphatic heterocycles. The summed E-state index contributed by atoms with van der Waals surface area (Å²) in [5, 5.41) is 52.2. The van der Waals surface area contributed by atoms with Gasteiger partial charge in [0.15, 0.2) is 6.29 Å². The molecule has 0 aromatic rings. The number of carboxylic acids is 1. The topological polar surface area (TPSA) is 137 Å². The van der Waals surface area contributed by atoms with Crippen molar-refractivity contribution >= 4 is 5.97 Å². The van der Waals surface area contributed by atoms with Crippen LogP contribution in [0.3, 0.4) is 0 Å². The minimum absolute atomic E-state index is 0.0532. The van der Waals surface area contributed by atoms with Crippen LogP contribution in [0.2, 0.25) is 0 Å². The molecule has 1 saturated heterocycles. The summed E-state index contributed by atoms with van der Waals surface area (Å²) < 4.78 is 12.4. The summed E-state index contributed by atoms with van der Waals surface area (Å²) in [5.74, 6) is -0.326. The summed E-state index contributed by atoms with van der Waals surface area (Å²) in [7, 11) is 0. The van der Waals surface area contributed by atoms with E-state index >= 15 is 0 Å². The predicted octanol–water partition coefficient (Wildman–Crippen LogP) is 4.83.